The smallest absolute Gasteiger partial charge is 1.00 e. The normalized spacial score (nSPS) is 18.1. The van der Waals surface area contributed by atoms with Crippen LogP contribution in [0.5, 0.6) is 0 Å². The second-order valence-electron chi connectivity index (χ2n) is 7.75. The molecule has 0 radical (unpaired) electrons. The maximum atomic E-state index is 12.0. The topological polar surface area (TPSA) is 116 Å². The summed E-state index contributed by atoms with van der Waals surface area (Å²) < 4.78 is 33.5. The van der Waals surface area contributed by atoms with Crippen molar-refractivity contribution in [3.63, 3.8) is 0 Å². The van der Waals surface area contributed by atoms with Crippen LogP contribution in [0.2, 0.25) is 0 Å². The largest absolute Gasteiger partial charge is 1.00 e. The second-order valence-corrected chi connectivity index (χ2v) is 12.3. The zero-order chi connectivity index (χ0) is 20.5. The number of hydrogen-bond acceptors (Lipinski definition) is 6. The van der Waals surface area contributed by atoms with Crippen LogP contribution in [-0.2, 0) is 18.2 Å². The van der Waals surface area contributed by atoms with Crippen molar-refractivity contribution in [2.24, 2.45) is 0 Å². The Morgan fingerprint density at radius 2 is 1.29 bits per heavy atom. The van der Waals surface area contributed by atoms with Crippen LogP contribution in [0.4, 0.5) is 0 Å². The van der Waals surface area contributed by atoms with Crippen molar-refractivity contribution < 1.29 is 91.1 Å². The molecule has 0 rings (SSSR count). The molecule has 0 aliphatic rings. The van der Waals surface area contributed by atoms with Gasteiger partial charge in [-0.25, -0.2) is 0 Å². The van der Waals surface area contributed by atoms with Gasteiger partial charge in [-0.15, -0.1) is 0 Å². The Hall–Kier alpha value is 1.95. The van der Waals surface area contributed by atoms with E-state index in [9.17, 15) is 24.0 Å². The number of halogens is 1. The van der Waals surface area contributed by atoms with Crippen molar-refractivity contribution in [2.75, 3.05) is 41.9 Å². The monoisotopic (exact) mass is 567 g/mol. The molecule has 0 aromatic carbocycles. The van der Waals surface area contributed by atoms with Crippen molar-refractivity contribution in [3.8, 4) is 0 Å². The molecule has 0 amide bonds. The molecule has 0 aromatic heterocycles. The van der Waals surface area contributed by atoms with Gasteiger partial charge in [-0.3, -0.25) is 4.57 Å². The fraction of sp³-hybridized carbons (Fsp3) is 1.00. The summed E-state index contributed by atoms with van der Waals surface area (Å²) in [4.78, 5) is 21.6. The predicted octanol–water partition coefficient (Wildman–Crippen LogP) is -3.11. The van der Waals surface area contributed by atoms with Gasteiger partial charge in [0.05, 0.1) is 27.7 Å². The molecule has 0 fully saturated rings. The quantitative estimate of drug-likeness (QED) is 0.0708. The molecule has 3 unspecified atom stereocenters. The van der Waals surface area contributed by atoms with E-state index >= 15 is 0 Å². The summed E-state index contributed by atoms with van der Waals surface area (Å²) in [6.45, 7) is 1.16. The van der Waals surface area contributed by atoms with Crippen LogP contribution in [0.15, 0.2) is 0 Å². The van der Waals surface area contributed by atoms with E-state index in [0.29, 0.717) is 12.8 Å². The molecule has 0 aliphatic carbocycles. The number of nitrogens with zero attached hydrogens (tertiary/aromatic N) is 1. The first kappa shape index (κ1) is 34.6. The molecular weight excluding hydrogens is 530 g/mol. The predicted molar refractivity (Wildman–Crippen MR) is 101 cm³/mol. The van der Waals surface area contributed by atoms with E-state index in [2.05, 4.69) is 30.2 Å². The minimum Gasteiger partial charge on any atom is -1.00 e. The number of rotatable bonds is 15. The van der Waals surface area contributed by atoms with Crippen LogP contribution in [0.25, 0.3) is 0 Å². The van der Waals surface area contributed by atoms with E-state index < -0.39 is 26.7 Å². The second kappa shape index (κ2) is 15.7. The summed E-state index contributed by atoms with van der Waals surface area (Å²) in [5.74, 6) is 0. The van der Waals surface area contributed by atoms with Gasteiger partial charge in [0.1, 0.15) is 0 Å². The minimum atomic E-state index is -4.96. The third-order valence-corrected chi connectivity index (χ3v) is 9.17. The van der Waals surface area contributed by atoms with Gasteiger partial charge in [0.25, 0.3) is 0 Å². The molecule has 0 spiro atoms. The van der Waals surface area contributed by atoms with Crippen LogP contribution < -0.4 is 58.4 Å². The van der Waals surface area contributed by atoms with Crippen LogP contribution in [0, 0.1) is 0 Å². The minimum absolute atomic E-state index is 0. The van der Waals surface area contributed by atoms with Crippen LogP contribution in [0.3, 0.4) is 0 Å². The first-order valence-corrected chi connectivity index (χ1v) is 12.2. The van der Waals surface area contributed by atoms with Crippen LogP contribution in [0.1, 0.15) is 57.8 Å². The molecule has 0 bridgehead atoms. The summed E-state index contributed by atoms with van der Waals surface area (Å²) in [6.07, 6.45) is 7.13. The van der Waals surface area contributed by atoms with E-state index in [-0.39, 0.29) is 53.5 Å². The summed E-state index contributed by atoms with van der Waals surface area (Å²) in [5.41, 5.74) is 0. The molecule has 28 heavy (non-hydrogen) atoms. The summed E-state index contributed by atoms with van der Waals surface area (Å²) in [5, 5.41) is 7.38. The maximum absolute atomic E-state index is 12.0. The maximum Gasteiger partial charge on any atom is 1.00 e. The van der Waals surface area contributed by atoms with Gasteiger partial charge < -0.3 is 57.0 Å². The zero-order valence-electron chi connectivity index (χ0n) is 18.2. The first-order valence-electron chi connectivity index (χ1n) is 9.11. The van der Waals surface area contributed by atoms with E-state index in [4.69, 9.17) is 0 Å². The van der Waals surface area contributed by atoms with Gasteiger partial charge in [0, 0.05) is 14.2 Å². The Kier molecular flexibility index (Phi) is 19.4. The molecule has 0 heterocycles. The Morgan fingerprint density at radius 3 is 1.64 bits per heavy atom. The summed E-state index contributed by atoms with van der Waals surface area (Å²) >= 11 is 0. The number of hydrogen-bond donors (Lipinski definition) is 2. The molecular formula is C16H37INNaO7P2. The molecule has 3 atom stereocenters. The Bertz CT molecular complexity index is 482. The van der Waals surface area contributed by atoms with Crippen molar-refractivity contribution in [1.82, 2.24) is 0 Å². The third-order valence-electron chi connectivity index (χ3n) is 4.47. The Labute approximate surface area is 209 Å². The van der Waals surface area contributed by atoms with Gasteiger partial charge in [-0.2, -0.15) is 0 Å². The summed E-state index contributed by atoms with van der Waals surface area (Å²) in [6, 6.07) is 0. The van der Waals surface area contributed by atoms with Crippen molar-refractivity contribution in [2.45, 2.75) is 62.9 Å². The van der Waals surface area contributed by atoms with E-state index in [1.54, 1.807) is 0 Å². The van der Waals surface area contributed by atoms with E-state index in [1.807, 2.05) is 0 Å². The number of aliphatic hydroxyl groups is 1. The average Bonchev–Trinajstić information content (AvgIpc) is 2.54. The van der Waals surface area contributed by atoms with Gasteiger partial charge >= 0.3 is 37.2 Å². The van der Waals surface area contributed by atoms with Crippen molar-refractivity contribution in [1.29, 1.82) is 0 Å². The third kappa shape index (κ3) is 12.1. The molecule has 8 nitrogen and oxygen atoms in total. The van der Waals surface area contributed by atoms with Crippen molar-refractivity contribution in [3.05, 3.63) is 0 Å². The molecule has 166 valence electrons. The first-order chi connectivity index (χ1) is 11.8. The van der Waals surface area contributed by atoms with Gasteiger partial charge in [0.15, 0.2) is 7.60 Å². The molecule has 2 N–H and O–H groups in total. The average molecular weight is 567 g/mol. The Morgan fingerprint density at radius 1 is 0.893 bits per heavy atom. The number of unbranched alkanes of at least 4 members (excludes halogenated alkanes) is 7. The standard InChI is InChI=1S/C16H37NO7P2.HI.Na/c1-17(2,3)15-13-11-9-7-6-8-10-12-14-16(18,25(19,20)23-4)26(21,22)24-5;;/h18H,6-15H2,1-5H3,(H-,19,20,21,22);1H;/q;;+1/p-1. The molecule has 0 saturated carbocycles. The molecule has 0 aromatic rings. The van der Waals surface area contributed by atoms with Crippen LogP contribution in [-0.4, -0.2) is 61.5 Å². The number of quaternary nitrogens is 1. The fourth-order valence-electron chi connectivity index (χ4n) is 2.73. The SMILES string of the molecule is COP(=O)([O-])C(O)(CCCCCCCCCC[N+](C)(C)C)P(=O)(O)OC.[I-].[Na+]. The van der Waals surface area contributed by atoms with Gasteiger partial charge in [0.2, 0.25) is 5.08 Å². The van der Waals surface area contributed by atoms with Gasteiger partial charge in [-0.05, 0) is 25.7 Å². The van der Waals surface area contributed by atoms with Crippen molar-refractivity contribution >= 4 is 15.2 Å². The molecule has 12 heteroatoms. The molecule has 0 aliphatic heterocycles. The van der Waals surface area contributed by atoms with E-state index in [0.717, 1.165) is 44.5 Å². The summed E-state index contributed by atoms with van der Waals surface area (Å²) in [7, 11) is -1.44. The van der Waals surface area contributed by atoms with Gasteiger partial charge in [-0.1, -0.05) is 32.1 Å². The fourth-order valence-corrected chi connectivity index (χ4v) is 5.92. The molecule has 0 saturated heterocycles. The van der Waals surface area contributed by atoms with E-state index in [1.165, 1.54) is 19.3 Å². The Balaban J connectivity index is -0.00000312. The zero-order valence-corrected chi connectivity index (χ0v) is 24.2. The van der Waals surface area contributed by atoms with Crippen LogP contribution >= 0.6 is 15.2 Å².